The van der Waals surface area contributed by atoms with Crippen molar-refractivity contribution in [2.24, 2.45) is 5.73 Å². The van der Waals surface area contributed by atoms with Crippen LogP contribution in [-0.2, 0) is 17.8 Å². The Kier molecular flexibility index (Phi) is 5.46. The van der Waals surface area contributed by atoms with Gasteiger partial charge in [0.1, 0.15) is 5.82 Å². The van der Waals surface area contributed by atoms with E-state index in [0.29, 0.717) is 17.7 Å². The molecule has 0 aliphatic carbocycles. The molecule has 0 saturated heterocycles. The molecule has 3 nitrogen and oxygen atoms in total. The van der Waals surface area contributed by atoms with Crippen LogP contribution in [0.3, 0.4) is 0 Å². The van der Waals surface area contributed by atoms with E-state index in [9.17, 15) is 9.18 Å². The third-order valence-electron chi connectivity index (χ3n) is 3.26. The number of hydrogen-bond donors (Lipinski definition) is 2. The fourth-order valence-corrected chi connectivity index (χ4v) is 2.13. The predicted molar refractivity (Wildman–Crippen MR) is 82.3 cm³/mol. The van der Waals surface area contributed by atoms with Crippen molar-refractivity contribution in [3.63, 3.8) is 0 Å². The zero-order valence-corrected chi connectivity index (χ0v) is 11.8. The Hall–Kier alpha value is -2.20. The molecule has 110 valence electrons. The zero-order valence-electron chi connectivity index (χ0n) is 11.8. The maximum Gasteiger partial charge on any atom is 0.224 e. The van der Waals surface area contributed by atoms with Crippen molar-refractivity contribution in [2.75, 3.05) is 5.32 Å². The van der Waals surface area contributed by atoms with Crippen LogP contribution < -0.4 is 11.1 Å². The van der Waals surface area contributed by atoms with E-state index >= 15 is 0 Å². The summed E-state index contributed by atoms with van der Waals surface area (Å²) >= 11 is 0. The first-order valence-corrected chi connectivity index (χ1v) is 7.01. The number of amides is 1. The molecule has 2 rings (SSSR count). The van der Waals surface area contributed by atoms with Gasteiger partial charge in [0.2, 0.25) is 5.91 Å². The summed E-state index contributed by atoms with van der Waals surface area (Å²) in [6.45, 7) is 0.115. The summed E-state index contributed by atoms with van der Waals surface area (Å²) in [4.78, 5) is 11.9. The average molecular weight is 286 g/mol. The van der Waals surface area contributed by atoms with Crippen molar-refractivity contribution in [1.82, 2.24) is 0 Å². The molecule has 1 amide bonds. The van der Waals surface area contributed by atoms with Crippen LogP contribution in [0.4, 0.5) is 10.1 Å². The summed E-state index contributed by atoms with van der Waals surface area (Å²) < 4.78 is 13.3. The highest BCUT2D eigenvalue weighted by atomic mass is 19.1. The zero-order chi connectivity index (χ0) is 15.1. The normalized spacial score (nSPS) is 10.4. The molecule has 0 heterocycles. The average Bonchev–Trinajstić information content (AvgIpc) is 2.50. The van der Waals surface area contributed by atoms with Gasteiger partial charge < -0.3 is 11.1 Å². The lowest BCUT2D eigenvalue weighted by molar-refractivity contribution is -0.116. The van der Waals surface area contributed by atoms with Crippen LogP contribution in [0.15, 0.2) is 48.5 Å². The molecule has 0 aromatic heterocycles. The van der Waals surface area contributed by atoms with E-state index in [1.807, 2.05) is 30.3 Å². The molecule has 0 aliphatic rings. The van der Waals surface area contributed by atoms with E-state index in [2.05, 4.69) is 5.32 Å². The highest BCUT2D eigenvalue weighted by Crippen LogP contribution is 2.15. The Balaban J connectivity index is 1.82. The number of anilines is 1. The van der Waals surface area contributed by atoms with Gasteiger partial charge in [0.25, 0.3) is 0 Å². The standard InChI is InChI=1S/C17H19FN2O/c18-16-10-9-15(11-14(16)12-19)20-17(21)8-4-7-13-5-2-1-3-6-13/h1-3,5-6,9-11H,4,7-8,12,19H2,(H,20,21). The number of aryl methyl sites for hydroxylation is 1. The van der Waals surface area contributed by atoms with E-state index in [1.165, 1.54) is 11.6 Å². The molecular formula is C17H19FN2O. The number of halogens is 1. The minimum Gasteiger partial charge on any atom is -0.326 e. The van der Waals surface area contributed by atoms with Gasteiger partial charge in [-0.2, -0.15) is 0 Å². The molecule has 0 aliphatic heterocycles. The van der Waals surface area contributed by atoms with Gasteiger partial charge in [-0.1, -0.05) is 30.3 Å². The van der Waals surface area contributed by atoms with Crippen molar-refractivity contribution in [2.45, 2.75) is 25.8 Å². The minimum atomic E-state index is -0.348. The second-order valence-electron chi connectivity index (χ2n) is 4.90. The number of nitrogens with two attached hydrogens (primary N) is 1. The van der Waals surface area contributed by atoms with Crippen LogP contribution in [0.2, 0.25) is 0 Å². The topological polar surface area (TPSA) is 55.1 Å². The molecule has 2 aromatic rings. The molecule has 0 atom stereocenters. The summed E-state index contributed by atoms with van der Waals surface area (Å²) in [5.74, 6) is -0.417. The first-order chi connectivity index (χ1) is 10.2. The predicted octanol–water partition coefficient (Wildman–Crippen LogP) is 3.25. The molecule has 4 heteroatoms. The number of nitrogens with one attached hydrogen (secondary N) is 1. The van der Waals surface area contributed by atoms with Crippen LogP contribution in [0.1, 0.15) is 24.0 Å². The van der Waals surface area contributed by atoms with Crippen LogP contribution in [0.5, 0.6) is 0 Å². The van der Waals surface area contributed by atoms with Gasteiger partial charge in [0, 0.05) is 24.2 Å². The number of carbonyl (C=O) groups excluding carboxylic acids is 1. The highest BCUT2D eigenvalue weighted by molar-refractivity contribution is 5.90. The van der Waals surface area contributed by atoms with Gasteiger partial charge in [-0.25, -0.2) is 4.39 Å². The van der Waals surface area contributed by atoms with Crippen molar-refractivity contribution < 1.29 is 9.18 Å². The third kappa shape index (κ3) is 4.68. The summed E-state index contributed by atoms with van der Waals surface area (Å²) in [7, 11) is 0. The van der Waals surface area contributed by atoms with Crippen LogP contribution >= 0.6 is 0 Å². The Morgan fingerprint density at radius 1 is 1.14 bits per heavy atom. The van der Waals surface area contributed by atoms with E-state index in [4.69, 9.17) is 5.73 Å². The molecule has 0 unspecified atom stereocenters. The van der Waals surface area contributed by atoms with Gasteiger partial charge in [-0.15, -0.1) is 0 Å². The summed E-state index contributed by atoms with van der Waals surface area (Å²) in [5, 5.41) is 2.77. The molecule has 3 N–H and O–H groups in total. The maximum atomic E-state index is 13.3. The molecule has 0 saturated carbocycles. The quantitative estimate of drug-likeness (QED) is 0.856. The summed E-state index contributed by atoms with van der Waals surface area (Å²) in [6.07, 6.45) is 2.08. The molecule has 0 spiro atoms. The lowest BCUT2D eigenvalue weighted by Crippen LogP contribution is -2.12. The lowest BCUT2D eigenvalue weighted by atomic mass is 10.1. The first-order valence-electron chi connectivity index (χ1n) is 7.01. The molecule has 2 aromatic carbocycles. The van der Waals surface area contributed by atoms with Crippen LogP contribution in [0, 0.1) is 5.82 Å². The van der Waals surface area contributed by atoms with Gasteiger partial charge in [0.05, 0.1) is 0 Å². The molecule has 0 fully saturated rings. The molecule has 0 radical (unpaired) electrons. The number of rotatable bonds is 6. The Labute approximate surface area is 124 Å². The summed E-state index contributed by atoms with van der Waals surface area (Å²) in [6, 6.07) is 14.5. The smallest absolute Gasteiger partial charge is 0.224 e. The van der Waals surface area contributed by atoms with Crippen molar-refractivity contribution in [3.05, 3.63) is 65.5 Å². The van der Waals surface area contributed by atoms with Crippen molar-refractivity contribution in [1.29, 1.82) is 0 Å². The highest BCUT2D eigenvalue weighted by Gasteiger charge is 2.06. The van der Waals surface area contributed by atoms with E-state index in [0.717, 1.165) is 12.8 Å². The monoisotopic (exact) mass is 286 g/mol. The van der Waals surface area contributed by atoms with Crippen LogP contribution in [-0.4, -0.2) is 5.91 Å². The lowest BCUT2D eigenvalue weighted by Gasteiger charge is -2.07. The second kappa shape index (κ2) is 7.55. The molecular weight excluding hydrogens is 267 g/mol. The van der Waals surface area contributed by atoms with E-state index in [1.54, 1.807) is 12.1 Å². The SMILES string of the molecule is NCc1cc(NC(=O)CCCc2ccccc2)ccc1F. The Morgan fingerprint density at radius 2 is 1.90 bits per heavy atom. The number of benzene rings is 2. The van der Waals surface area contributed by atoms with E-state index < -0.39 is 0 Å². The fraction of sp³-hybridized carbons (Fsp3) is 0.235. The largest absolute Gasteiger partial charge is 0.326 e. The fourth-order valence-electron chi connectivity index (χ4n) is 2.13. The third-order valence-corrected chi connectivity index (χ3v) is 3.26. The minimum absolute atomic E-state index is 0.0690. The van der Waals surface area contributed by atoms with Crippen LogP contribution in [0.25, 0.3) is 0 Å². The van der Waals surface area contributed by atoms with Gasteiger partial charge in [-0.3, -0.25) is 4.79 Å². The Morgan fingerprint density at radius 3 is 2.62 bits per heavy atom. The maximum absolute atomic E-state index is 13.3. The van der Waals surface area contributed by atoms with Gasteiger partial charge in [-0.05, 0) is 36.6 Å². The van der Waals surface area contributed by atoms with Gasteiger partial charge >= 0.3 is 0 Å². The molecule has 0 bridgehead atoms. The van der Waals surface area contributed by atoms with Crippen molar-refractivity contribution >= 4 is 11.6 Å². The number of carbonyl (C=O) groups is 1. The number of hydrogen-bond acceptors (Lipinski definition) is 2. The molecule has 21 heavy (non-hydrogen) atoms. The second-order valence-corrected chi connectivity index (χ2v) is 4.90. The van der Waals surface area contributed by atoms with E-state index in [-0.39, 0.29) is 18.3 Å². The first kappa shape index (κ1) is 15.2. The van der Waals surface area contributed by atoms with Gasteiger partial charge in [0.15, 0.2) is 0 Å². The Bertz CT molecular complexity index is 599. The summed E-state index contributed by atoms with van der Waals surface area (Å²) in [5.41, 5.74) is 7.65. The van der Waals surface area contributed by atoms with Crippen molar-refractivity contribution in [3.8, 4) is 0 Å².